The van der Waals surface area contributed by atoms with Gasteiger partial charge in [0.25, 0.3) is 0 Å². The Kier molecular flexibility index (Phi) is 5.16. The zero-order chi connectivity index (χ0) is 25.1. The van der Waals surface area contributed by atoms with Gasteiger partial charge in [0.05, 0.1) is 6.04 Å². The van der Waals surface area contributed by atoms with Crippen LogP contribution < -0.4 is 4.90 Å². The van der Waals surface area contributed by atoms with E-state index >= 15 is 0 Å². The molecule has 4 aromatic rings. The highest BCUT2D eigenvalue weighted by Gasteiger charge is 2.43. The Morgan fingerprint density at radius 2 is 1.58 bits per heavy atom. The molecule has 38 heavy (non-hydrogen) atoms. The lowest BCUT2D eigenvalue weighted by Crippen LogP contribution is -2.30. The van der Waals surface area contributed by atoms with E-state index in [0.29, 0.717) is 5.92 Å². The summed E-state index contributed by atoms with van der Waals surface area (Å²) in [5.41, 5.74) is 12.3. The number of rotatable bonds is 3. The van der Waals surface area contributed by atoms with Crippen LogP contribution in [0.15, 0.2) is 103 Å². The number of fused-ring (bicyclic) bond motifs is 7. The van der Waals surface area contributed by atoms with Gasteiger partial charge in [-0.1, -0.05) is 91.1 Å². The van der Waals surface area contributed by atoms with Gasteiger partial charge in [-0.15, -0.1) is 11.3 Å². The zero-order valence-electron chi connectivity index (χ0n) is 21.3. The van der Waals surface area contributed by atoms with E-state index in [0.717, 1.165) is 19.3 Å². The molecule has 4 aliphatic rings. The van der Waals surface area contributed by atoms with Crippen molar-refractivity contribution in [2.24, 2.45) is 0 Å². The fourth-order valence-electron chi connectivity index (χ4n) is 6.75. The van der Waals surface area contributed by atoms with Crippen LogP contribution in [0.25, 0.3) is 28.9 Å². The van der Waals surface area contributed by atoms with Crippen LogP contribution >= 0.6 is 11.3 Å². The first-order chi connectivity index (χ1) is 18.8. The molecule has 0 amide bonds. The molecule has 184 valence electrons. The minimum atomic E-state index is 0.281. The molecule has 1 aromatic heterocycles. The van der Waals surface area contributed by atoms with Crippen LogP contribution in [0.4, 0.5) is 11.4 Å². The molecule has 3 aliphatic carbocycles. The largest absolute Gasteiger partial charge is 0.333 e. The molecule has 0 saturated heterocycles. The zero-order valence-corrected chi connectivity index (χ0v) is 22.1. The van der Waals surface area contributed by atoms with Gasteiger partial charge < -0.3 is 4.90 Å². The van der Waals surface area contributed by atoms with E-state index in [1.807, 2.05) is 0 Å². The van der Waals surface area contributed by atoms with Crippen molar-refractivity contribution in [2.75, 3.05) is 4.90 Å². The molecule has 1 aliphatic heterocycles. The average molecular weight is 508 g/mol. The highest BCUT2D eigenvalue weighted by molar-refractivity contribution is 7.12. The van der Waals surface area contributed by atoms with E-state index in [4.69, 9.17) is 0 Å². The number of hydrogen-bond donors (Lipinski definition) is 0. The number of allylic oxidation sites excluding steroid dienone is 5. The smallest absolute Gasteiger partial charge is 0.0643 e. The third-order valence-corrected chi connectivity index (χ3v) is 9.88. The second-order valence-electron chi connectivity index (χ2n) is 10.7. The molecule has 2 atom stereocenters. The summed E-state index contributed by atoms with van der Waals surface area (Å²) >= 11 is 2.06. The summed E-state index contributed by atoms with van der Waals surface area (Å²) in [6.45, 7) is 0. The van der Waals surface area contributed by atoms with Crippen molar-refractivity contribution >= 4 is 40.4 Å². The van der Waals surface area contributed by atoms with E-state index in [1.165, 1.54) is 56.7 Å². The second-order valence-corrected chi connectivity index (χ2v) is 11.8. The maximum Gasteiger partial charge on any atom is 0.0643 e. The van der Waals surface area contributed by atoms with Gasteiger partial charge in [0.15, 0.2) is 0 Å². The summed E-state index contributed by atoms with van der Waals surface area (Å²) in [6, 6.07) is 27.5. The first kappa shape index (κ1) is 22.1. The van der Waals surface area contributed by atoms with Crippen molar-refractivity contribution in [1.29, 1.82) is 0 Å². The maximum atomic E-state index is 2.61. The van der Waals surface area contributed by atoms with Crippen LogP contribution in [0.1, 0.15) is 57.2 Å². The molecule has 0 N–H and O–H groups in total. The van der Waals surface area contributed by atoms with Crippen molar-refractivity contribution in [3.63, 3.8) is 0 Å². The van der Waals surface area contributed by atoms with Crippen LogP contribution in [0.2, 0.25) is 0 Å². The summed E-state index contributed by atoms with van der Waals surface area (Å²) in [6.07, 6.45) is 20.9. The SMILES string of the molecule is C1=CCCC(c2cc(-c3ccccc3)cc(N3c4ccccc4C4c5sc6c(c5C=CC43)C=CCC6)c2)=C1. The molecule has 2 unspecified atom stereocenters. The number of para-hydroxylation sites is 1. The first-order valence-corrected chi connectivity index (χ1v) is 14.6. The predicted molar refractivity (Wildman–Crippen MR) is 163 cm³/mol. The Morgan fingerprint density at radius 1 is 0.737 bits per heavy atom. The third kappa shape index (κ3) is 3.44. The van der Waals surface area contributed by atoms with Gasteiger partial charge in [0, 0.05) is 27.0 Å². The molecule has 2 heterocycles. The molecule has 3 aromatic carbocycles. The van der Waals surface area contributed by atoms with E-state index < -0.39 is 0 Å². The molecule has 0 bridgehead atoms. The van der Waals surface area contributed by atoms with Gasteiger partial charge in [-0.2, -0.15) is 0 Å². The highest BCUT2D eigenvalue weighted by atomic mass is 32.1. The van der Waals surface area contributed by atoms with Gasteiger partial charge in [-0.3, -0.25) is 0 Å². The van der Waals surface area contributed by atoms with Crippen molar-refractivity contribution < 1.29 is 0 Å². The minimum absolute atomic E-state index is 0.281. The molecule has 0 fully saturated rings. The summed E-state index contributed by atoms with van der Waals surface area (Å²) < 4.78 is 0. The van der Waals surface area contributed by atoms with Crippen LogP contribution in [0, 0.1) is 0 Å². The number of anilines is 2. The quantitative estimate of drug-likeness (QED) is 0.267. The molecule has 0 radical (unpaired) electrons. The van der Waals surface area contributed by atoms with E-state index in [9.17, 15) is 0 Å². The summed E-state index contributed by atoms with van der Waals surface area (Å²) in [7, 11) is 0. The Hall–Kier alpha value is -3.88. The normalized spacial score (nSPS) is 20.5. The molecule has 1 nitrogen and oxygen atoms in total. The molecular weight excluding hydrogens is 478 g/mol. The van der Waals surface area contributed by atoms with Gasteiger partial charge >= 0.3 is 0 Å². The van der Waals surface area contributed by atoms with Crippen LogP contribution in [-0.2, 0) is 6.42 Å². The number of aryl methyl sites for hydroxylation is 1. The van der Waals surface area contributed by atoms with Crippen LogP contribution in [0.3, 0.4) is 0 Å². The van der Waals surface area contributed by atoms with E-state index in [2.05, 4.69) is 132 Å². The maximum absolute atomic E-state index is 2.61. The van der Waals surface area contributed by atoms with Gasteiger partial charge in [-0.25, -0.2) is 0 Å². The Bertz CT molecular complexity index is 1680. The molecule has 0 saturated carbocycles. The molecule has 8 rings (SSSR count). The lowest BCUT2D eigenvalue weighted by atomic mass is 9.85. The van der Waals surface area contributed by atoms with Crippen LogP contribution in [-0.4, -0.2) is 6.04 Å². The highest BCUT2D eigenvalue weighted by Crippen LogP contribution is 2.55. The van der Waals surface area contributed by atoms with Crippen LogP contribution in [0.5, 0.6) is 0 Å². The van der Waals surface area contributed by atoms with Gasteiger partial charge in [0.1, 0.15) is 0 Å². The molecule has 2 heteroatoms. The summed E-state index contributed by atoms with van der Waals surface area (Å²) in [4.78, 5) is 5.72. The topological polar surface area (TPSA) is 3.24 Å². The lowest BCUT2D eigenvalue weighted by molar-refractivity contribution is 0.736. The van der Waals surface area contributed by atoms with E-state index in [-0.39, 0.29) is 6.04 Å². The number of thiophene rings is 1. The van der Waals surface area contributed by atoms with Crippen molar-refractivity contribution in [3.8, 4) is 11.1 Å². The van der Waals surface area contributed by atoms with Crippen molar-refractivity contribution in [1.82, 2.24) is 0 Å². The first-order valence-electron chi connectivity index (χ1n) is 13.8. The van der Waals surface area contributed by atoms with Gasteiger partial charge in [0.2, 0.25) is 0 Å². The van der Waals surface area contributed by atoms with Gasteiger partial charge in [-0.05, 0) is 88.9 Å². The number of benzene rings is 3. The molecular formula is C36H29NS. The summed E-state index contributed by atoms with van der Waals surface area (Å²) in [5.74, 6) is 0.371. The predicted octanol–water partition coefficient (Wildman–Crippen LogP) is 9.79. The van der Waals surface area contributed by atoms with Crippen molar-refractivity contribution in [2.45, 2.75) is 37.6 Å². The Labute approximate surface area is 228 Å². The average Bonchev–Trinajstić information content (AvgIpc) is 3.53. The fourth-order valence-corrected chi connectivity index (χ4v) is 8.21. The third-order valence-electron chi connectivity index (χ3n) is 8.51. The Balaban J connectivity index is 1.31. The number of nitrogens with zero attached hydrogens (tertiary/aromatic N) is 1. The molecule has 0 spiro atoms. The standard InChI is InChI=1S/C36H29NS/c1-3-11-24(12-4-1)26-21-27(25-13-5-2-6-14-25)23-28(22-26)37-32-17-9-7-16-31(32)35-33(37)20-19-30-29-15-8-10-18-34(29)38-36(30)35/h1-5,7-9,11-13,15-17,19-23,33,35H,6,10,14,18H2. The minimum Gasteiger partial charge on any atom is -0.333 e. The fraction of sp³-hybridized carbons (Fsp3) is 0.167. The monoisotopic (exact) mass is 507 g/mol. The second kappa shape index (κ2) is 8.85. The Morgan fingerprint density at radius 3 is 2.47 bits per heavy atom. The summed E-state index contributed by atoms with van der Waals surface area (Å²) in [5, 5.41) is 0. The lowest BCUT2D eigenvalue weighted by Gasteiger charge is -2.31. The van der Waals surface area contributed by atoms with E-state index in [1.54, 1.807) is 9.75 Å². The van der Waals surface area contributed by atoms with Crippen molar-refractivity contribution in [3.05, 3.63) is 135 Å². The number of hydrogen-bond acceptors (Lipinski definition) is 2.